The summed E-state index contributed by atoms with van der Waals surface area (Å²) in [5, 5.41) is 19.5. The Kier molecular flexibility index (Phi) is 6.80. The molecule has 3 heterocycles. The van der Waals surface area contributed by atoms with E-state index in [4.69, 9.17) is 9.63 Å². The summed E-state index contributed by atoms with van der Waals surface area (Å²) in [6.07, 6.45) is -2.80. The Morgan fingerprint density at radius 2 is 1.97 bits per heavy atom. The average molecular weight is 501 g/mol. The number of alkyl halides is 3. The first-order valence-corrected chi connectivity index (χ1v) is 10.9. The van der Waals surface area contributed by atoms with E-state index in [1.54, 1.807) is 26.1 Å². The van der Waals surface area contributed by atoms with Gasteiger partial charge in [-0.2, -0.15) is 18.3 Å². The molecular formula is C24H22F3N5O4. The highest BCUT2D eigenvalue weighted by Gasteiger charge is 2.31. The molecule has 1 amide bonds. The third-order valence-corrected chi connectivity index (χ3v) is 5.62. The largest absolute Gasteiger partial charge is 0.416 e. The van der Waals surface area contributed by atoms with Gasteiger partial charge in [0.05, 0.1) is 23.5 Å². The molecule has 1 aromatic carbocycles. The molecule has 4 rings (SSSR count). The quantitative estimate of drug-likeness (QED) is 0.402. The van der Waals surface area contributed by atoms with E-state index >= 15 is 0 Å². The number of aliphatic hydroxyl groups excluding tert-OH is 1. The van der Waals surface area contributed by atoms with E-state index in [0.717, 1.165) is 16.7 Å². The number of aryl methyl sites for hydroxylation is 1. The van der Waals surface area contributed by atoms with Gasteiger partial charge in [-0.1, -0.05) is 11.2 Å². The second kappa shape index (κ2) is 9.82. The lowest BCUT2D eigenvalue weighted by atomic mass is 10.1. The lowest BCUT2D eigenvalue weighted by Crippen LogP contribution is -2.33. The number of hydrogen-bond acceptors (Lipinski definition) is 6. The molecule has 0 aliphatic heterocycles. The molecule has 0 atom stereocenters. The number of aliphatic hydroxyl groups is 1. The first-order chi connectivity index (χ1) is 17.1. The summed E-state index contributed by atoms with van der Waals surface area (Å²) in [5.41, 5.74) is -0.168. The van der Waals surface area contributed by atoms with Crippen molar-refractivity contribution in [1.82, 2.24) is 24.8 Å². The number of carbonyl (C=O) groups is 1. The van der Waals surface area contributed by atoms with Crippen LogP contribution in [0.15, 0.2) is 58.0 Å². The zero-order valence-corrected chi connectivity index (χ0v) is 19.3. The predicted octanol–water partition coefficient (Wildman–Crippen LogP) is 3.02. The van der Waals surface area contributed by atoms with Crippen LogP contribution in [-0.4, -0.2) is 37.1 Å². The van der Waals surface area contributed by atoms with Crippen molar-refractivity contribution in [3.8, 4) is 16.9 Å². The number of benzene rings is 1. The number of pyridine rings is 1. The van der Waals surface area contributed by atoms with Crippen LogP contribution in [0.3, 0.4) is 0 Å². The van der Waals surface area contributed by atoms with Crippen molar-refractivity contribution in [3.63, 3.8) is 0 Å². The fraction of sp³-hybridized carbons (Fsp3) is 0.250. The summed E-state index contributed by atoms with van der Waals surface area (Å²) in [5.74, 6) is -0.437. The second-order valence-electron chi connectivity index (χ2n) is 8.03. The van der Waals surface area contributed by atoms with Crippen LogP contribution in [-0.2, 0) is 26.2 Å². The van der Waals surface area contributed by atoms with Crippen LogP contribution in [0.2, 0.25) is 0 Å². The van der Waals surface area contributed by atoms with Gasteiger partial charge in [0.2, 0.25) is 0 Å². The monoisotopic (exact) mass is 501 g/mol. The number of halogens is 3. The van der Waals surface area contributed by atoms with Crippen LogP contribution in [0, 0.1) is 6.92 Å². The summed E-state index contributed by atoms with van der Waals surface area (Å²) in [4.78, 5) is 26.5. The standard InChI is InChI=1S/C24H22F3N5O4/c1-14-19(21-6-8-29-31(21)2)12-20(22(34)28-13-18-11-16(7-9-33)30-36-18)23(35)32(14)17-5-3-4-15(10-17)24(25,26)27/h3-6,8,10-12,33H,7,9,13H2,1-2H3,(H,28,34). The average Bonchev–Trinajstić information content (AvgIpc) is 3.46. The molecule has 0 fully saturated rings. The van der Waals surface area contributed by atoms with E-state index in [9.17, 15) is 22.8 Å². The number of nitrogens with zero attached hydrogens (tertiary/aromatic N) is 4. The third kappa shape index (κ3) is 4.93. The maximum Gasteiger partial charge on any atom is 0.416 e. The van der Waals surface area contributed by atoms with Gasteiger partial charge in [0.15, 0.2) is 5.76 Å². The Balaban J connectivity index is 1.80. The molecule has 0 spiro atoms. The molecule has 0 unspecified atom stereocenters. The van der Waals surface area contributed by atoms with Gasteiger partial charge >= 0.3 is 6.18 Å². The second-order valence-corrected chi connectivity index (χ2v) is 8.03. The fourth-order valence-corrected chi connectivity index (χ4v) is 3.83. The summed E-state index contributed by atoms with van der Waals surface area (Å²) in [6, 6.07) is 8.97. The predicted molar refractivity (Wildman–Crippen MR) is 122 cm³/mol. The van der Waals surface area contributed by atoms with Crippen molar-refractivity contribution in [2.45, 2.75) is 26.1 Å². The number of carbonyl (C=O) groups excluding carboxylic acids is 1. The highest BCUT2D eigenvalue weighted by Crippen LogP contribution is 2.31. The van der Waals surface area contributed by atoms with Crippen LogP contribution < -0.4 is 10.9 Å². The molecule has 36 heavy (non-hydrogen) atoms. The summed E-state index contributed by atoms with van der Waals surface area (Å²) >= 11 is 0. The molecule has 12 heteroatoms. The minimum Gasteiger partial charge on any atom is -0.396 e. The van der Waals surface area contributed by atoms with Crippen LogP contribution in [0.25, 0.3) is 16.9 Å². The summed E-state index contributed by atoms with van der Waals surface area (Å²) in [7, 11) is 1.67. The van der Waals surface area contributed by atoms with Gasteiger partial charge < -0.3 is 14.9 Å². The van der Waals surface area contributed by atoms with E-state index < -0.39 is 23.2 Å². The highest BCUT2D eigenvalue weighted by atomic mass is 19.4. The molecule has 0 aliphatic carbocycles. The minimum atomic E-state index is -4.61. The van der Waals surface area contributed by atoms with E-state index in [0.29, 0.717) is 28.4 Å². The van der Waals surface area contributed by atoms with Gasteiger partial charge in [0.1, 0.15) is 5.56 Å². The van der Waals surface area contributed by atoms with Gasteiger partial charge in [-0.15, -0.1) is 0 Å². The summed E-state index contributed by atoms with van der Waals surface area (Å²) in [6.45, 7) is 1.38. The van der Waals surface area contributed by atoms with Gasteiger partial charge in [-0.25, -0.2) is 0 Å². The molecule has 0 saturated carbocycles. The van der Waals surface area contributed by atoms with Gasteiger partial charge in [0.25, 0.3) is 11.5 Å². The first kappa shape index (κ1) is 24.9. The molecule has 4 aromatic rings. The van der Waals surface area contributed by atoms with Crippen molar-refractivity contribution in [2.24, 2.45) is 7.05 Å². The molecule has 0 radical (unpaired) electrons. The molecule has 9 nitrogen and oxygen atoms in total. The van der Waals surface area contributed by atoms with Crippen LogP contribution in [0.4, 0.5) is 13.2 Å². The van der Waals surface area contributed by atoms with Crippen molar-refractivity contribution in [2.75, 3.05) is 6.61 Å². The normalized spacial score (nSPS) is 11.6. The topological polar surface area (TPSA) is 115 Å². The summed E-state index contributed by atoms with van der Waals surface area (Å²) < 4.78 is 47.8. The van der Waals surface area contributed by atoms with E-state index in [2.05, 4.69) is 15.6 Å². The molecule has 0 saturated heterocycles. The number of rotatable bonds is 7. The van der Waals surface area contributed by atoms with Gasteiger partial charge in [0, 0.05) is 49.3 Å². The Labute approximate surface area is 202 Å². The fourth-order valence-electron chi connectivity index (χ4n) is 3.83. The number of aromatic nitrogens is 4. The Morgan fingerprint density at radius 3 is 2.64 bits per heavy atom. The molecule has 0 aliphatic rings. The van der Waals surface area contributed by atoms with Gasteiger partial charge in [-0.05, 0) is 37.3 Å². The molecule has 188 valence electrons. The Morgan fingerprint density at radius 1 is 1.19 bits per heavy atom. The van der Waals surface area contributed by atoms with Crippen molar-refractivity contribution >= 4 is 5.91 Å². The van der Waals surface area contributed by atoms with E-state index in [1.165, 1.54) is 29.1 Å². The lowest BCUT2D eigenvalue weighted by molar-refractivity contribution is -0.137. The number of amides is 1. The van der Waals surface area contributed by atoms with Crippen molar-refractivity contribution in [3.05, 3.63) is 87.3 Å². The molecule has 0 bridgehead atoms. The molecular weight excluding hydrogens is 479 g/mol. The smallest absolute Gasteiger partial charge is 0.396 e. The number of nitrogens with one attached hydrogen (secondary N) is 1. The van der Waals surface area contributed by atoms with Crippen LogP contribution in [0.1, 0.15) is 33.1 Å². The van der Waals surface area contributed by atoms with Crippen molar-refractivity contribution < 1.29 is 27.6 Å². The van der Waals surface area contributed by atoms with E-state index in [-0.39, 0.29) is 30.8 Å². The van der Waals surface area contributed by atoms with Gasteiger partial charge in [-0.3, -0.25) is 18.8 Å². The van der Waals surface area contributed by atoms with Crippen LogP contribution in [0.5, 0.6) is 0 Å². The lowest BCUT2D eigenvalue weighted by Gasteiger charge is -2.18. The zero-order valence-electron chi connectivity index (χ0n) is 19.3. The number of hydrogen-bond donors (Lipinski definition) is 2. The highest BCUT2D eigenvalue weighted by molar-refractivity contribution is 5.95. The van der Waals surface area contributed by atoms with E-state index in [1.807, 2.05) is 0 Å². The zero-order chi connectivity index (χ0) is 26.0. The minimum absolute atomic E-state index is 0.0331. The third-order valence-electron chi connectivity index (χ3n) is 5.62. The van der Waals surface area contributed by atoms with Crippen LogP contribution >= 0.6 is 0 Å². The maximum atomic E-state index is 13.4. The first-order valence-electron chi connectivity index (χ1n) is 10.9. The SMILES string of the molecule is Cc1c(-c2ccnn2C)cc(C(=O)NCc2cc(CCO)no2)c(=O)n1-c1cccc(C(F)(F)F)c1. The maximum absolute atomic E-state index is 13.4. The van der Waals surface area contributed by atoms with Crippen molar-refractivity contribution in [1.29, 1.82) is 0 Å². The molecule has 3 aromatic heterocycles. The Bertz CT molecular complexity index is 1470. The molecule has 2 N–H and O–H groups in total. The Hall–Kier alpha value is -4.19.